The Balaban J connectivity index is 0.00000625. The minimum Gasteiger partial charge on any atom is -0.381 e. The molecule has 0 radical (unpaired) electrons. The zero-order valence-electron chi connectivity index (χ0n) is 16.6. The van der Waals surface area contributed by atoms with Gasteiger partial charge in [0.1, 0.15) is 0 Å². The molecule has 0 saturated heterocycles. The Kier molecular flexibility index (Phi) is 17.4. The molecular weight excluding hydrogens is 443 g/mol. The molecule has 1 amide bonds. The van der Waals surface area contributed by atoms with E-state index in [4.69, 9.17) is 4.74 Å². The molecule has 1 saturated carbocycles. The molecule has 0 bridgehead atoms. The van der Waals surface area contributed by atoms with Crippen molar-refractivity contribution >= 4 is 35.8 Å². The zero-order chi connectivity index (χ0) is 18.2. The smallest absolute Gasteiger partial charge is 0.220 e. The minimum absolute atomic E-state index is 0. The van der Waals surface area contributed by atoms with E-state index in [2.05, 4.69) is 27.9 Å². The van der Waals surface area contributed by atoms with Crippen LogP contribution in [0.4, 0.5) is 0 Å². The molecule has 0 heterocycles. The monoisotopic (exact) mass is 482 g/mol. The first kappa shape index (κ1) is 25.4. The van der Waals surface area contributed by atoms with Crippen molar-refractivity contribution in [2.75, 3.05) is 39.9 Å². The predicted molar refractivity (Wildman–Crippen MR) is 119 cm³/mol. The van der Waals surface area contributed by atoms with Crippen LogP contribution in [0.15, 0.2) is 4.99 Å². The van der Waals surface area contributed by atoms with E-state index in [0.717, 1.165) is 38.6 Å². The number of carbonyl (C=O) groups excluding carboxylic acids is 1. The van der Waals surface area contributed by atoms with Gasteiger partial charge in [0.05, 0.1) is 0 Å². The van der Waals surface area contributed by atoms with Gasteiger partial charge >= 0.3 is 0 Å². The van der Waals surface area contributed by atoms with Gasteiger partial charge in [-0.2, -0.15) is 0 Å². The number of rotatable bonds is 12. The lowest BCUT2D eigenvalue weighted by Crippen LogP contribution is -2.42. The average Bonchev–Trinajstić information content (AvgIpc) is 2.63. The lowest BCUT2D eigenvalue weighted by Gasteiger charge is -2.20. The number of aliphatic imine (C=N–C) groups is 1. The molecule has 0 spiro atoms. The van der Waals surface area contributed by atoms with Crippen molar-refractivity contribution in [3.8, 4) is 0 Å². The van der Waals surface area contributed by atoms with E-state index in [1.54, 1.807) is 7.05 Å². The number of carbonyl (C=O) groups is 1. The fraction of sp³-hybridized carbons (Fsp3) is 0.895. The number of unbranched alkanes of at least 4 members (excludes halogenated alkanes) is 1. The molecule has 1 rings (SSSR count). The molecule has 6 nitrogen and oxygen atoms in total. The minimum atomic E-state index is 0. The summed E-state index contributed by atoms with van der Waals surface area (Å²) in [5.41, 5.74) is 0. The molecule has 0 aromatic carbocycles. The van der Waals surface area contributed by atoms with Crippen LogP contribution < -0.4 is 16.0 Å². The summed E-state index contributed by atoms with van der Waals surface area (Å²) < 4.78 is 5.53. The number of amides is 1. The second-order valence-electron chi connectivity index (χ2n) is 6.80. The lowest BCUT2D eigenvalue weighted by atomic mass is 9.87. The maximum Gasteiger partial charge on any atom is 0.220 e. The molecule has 1 aliphatic rings. The molecule has 0 aromatic heterocycles. The Morgan fingerprint density at radius 3 is 2.35 bits per heavy atom. The quantitative estimate of drug-likeness (QED) is 0.173. The first-order valence-electron chi connectivity index (χ1n) is 10.0. The number of hydrogen-bond acceptors (Lipinski definition) is 3. The summed E-state index contributed by atoms with van der Waals surface area (Å²) in [5.74, 6) is 1.55. The lowest BCUT2D eigenvalue weighted by molar-refractivity contribution is -0.122. The Hall–Kier alpha value is -0.570. The van der Waals surface area contributed by atoms with Gasteiger partial charge in [0.15, 0.2) is 5.96 Å². The fourth-order valence-electron chi connectivity index (χ4n) is 3.06. The van der Waals surface area contributed by atoms with Crippen molar-refractivity contribution in [2.24, 2.45) is 10.9 Å². The molecule has 3 N–H and O–H groups in total. The summed E-state index contributed by atoms with van der Waals surface area (Å²) in [6.45, 7) is 5.94. The molecule has 0 atom stereocenters. The molecule has 0 aliphatic heterocycles. The number of nitrogens with one attached hydrogen (secondary N) is 3. The van der Waals surface area contributed by atoms with Crippen molar-refractivity contribution in [3.05, 3.63) is 0 Å². The van der Waals surface area contributed by atoms with Gasteiger partial charge < -0.3 is 20.7 Å². The van der Waals surface area contributed by atoms with Crippen LogP contribution in [0.25, 0.3) is 0 Å². The Morgan fingerprint density at radius 1 is 1.00 bits per heavy atom. The Labute approximate surface area is 176 Å². The predicted octanol–water partition coefficient (Wildman–Crippen LogP) is 3.06. The van der Waals surface area contributed by atoms with E-state index >= 15 is 0 Å². The molecule has 1 aliphatic carbocycles. The second-order valence-corrected chi connectivity index (χ2v) is 6.80. The highest BCUT2D eigenvalue weighted by atomic mass is 127. The number of halogens is 1. The average molecular weight is 482 g/mol. The van der Waals surface area contributed by atoms with Gasteiger partial charge in [-0.25, -0.2) is 0 Å². The highest BCUT2D eigenvalue weighted by Crippen LogP contribution is 2.25. The molecule has 0 aromatic rings. The van der Waals surface area contributed by atoms with Gasteiger partial charge in [-0.3, -0.25) is 9.79 Å². The van der Waals surface area contributed by atoms with Crippen molar-refractivity contribution < 1.29 is 9.53 Å². The van der Waals surface area contributed by atoms with Gasteiger partial charge in [0, 0.05) is 46.3 Å². The van der Waals surface area contributed by atoms with Crippen LogP contribution in [-0.4, -0.2) is 51.8 Å². The maximum absolute atomic E-state index is 11.9. The number of hydrogen-bond donors (Lipinski definition) is 3. The molecule has 7 heteroatoms. The van der Waals surface area contributed by atoms with Gasteiger partial charge in [0.25, 0.3) is 0 Å². The largest absolute Gasteiger partial charge is 0.381 e. The number of guanidine groups is 1. The Morgan fingerprint density at radius 2 is 1.65 bits per heavy atom. The second kappa shape index (κ2) is 17.8. The summed E-state index contributed by atoms with van der Waals surface area (Å²) in [7, 11) is 1.76. The number of nitrogens with zero attached hydrogens (tertiary/aromatic N) is 1. The summed E-state index contributed by atoms with van der Waals surface area (Å²) in [6.07, 6.45) is 10.3. The van der Waals surface area contributed by atoms with E-state index < -0.39 is 0 Å². The van der Waals surface area contributed by atoms with Crippen LogP contribution in [0.5, 0.6) is 0 Å². The van der Waals surface area contributed by atoms with Gasteiger partial charge in [-0.15, -0.1) is 24.0 Å². The van der Waals surface area contributed by atoms with E-state index in [-0.39, 0.29) is 29.9 Å². The molecular formula is C19H39IN4O2. The van der Waals surface area contributed by atoms with E-state index in [0.29, 0.717) is 25.4 Å². The van der Waals surface area contributed by atoms with E-state index in [1.165, 1.54) is 38.5 Å². The third kappa shape index (κ3) is 13.6. The van der Waals surface area contributed by atoms with Crippen LogP contribution in [0.3, 0.4) is 0 Å². The summed E-state index contributed by atoms with van der Waals surface area (Å²) >= 11 is 0. The summed E-state index contributed by atoms with van der Waals surface area (Å²) in [6, 6.07) is 0. The standard InChI is InChI=1S/C19H38N4O2.HI/c1-3-4-14-25-15-8-11-22-19(20-2)23-13-12-21-18(24)16-17-9-6-5-7-10-17;/h17H,3-16H2,1-2H3,(H,21,24)(H2,20,22,23);1H. The topological polar surface area (TPSA) is 74.8 Å². The first-order valence-corrected chi connectivity index (χ1v) is 10.0. The summed E-state index contributed by atoms with van der Waals surface area (Å²) in [4.78, 5) is 16.1. The summed E-state index contributed by atoms with van der Waals surface area (Å²) in [5, 5.41) is 9.48. The highest BCUT2D eigenvalue weighted by Gasteiger charge is 2.16. The van der Waals surface area contributed by atoms with Gasteiger partial charge in [-0.1, -0.05) is 32.6 Å². The molecule has 154 valence electrons. The number of ether oxygens (including phenoxy) is 1. The van der Waals surface area contributed by atoms with Crippen molar-refractivity contribution in [1.82, 2.24) is 16.0 Å². The molecule has 26 heavy (non-hydrogen) atoms. The van der Waals surface area contributed by atoms with Crippen LogP contribution in [0, 0.1) is 5.92 Å². The third-order valence-electron chi connectivity index (χ3n) is 4.56. The first-order chi connectivity index (χ1) is 12.3. The highest BCUT2D eigenvalue weighted by molar-refractivity contribution is 14.0. The van der Waals surface area contributed by atoms with Gasteiger partial charge in [0.2, 0.25) is 5.91 Å². The Bertz CT molecular complexity index is 375. The van der Waals surface area contributed by atoms with Crippen LogP contribution in [0.1, 0.15) is 64.7 Å². The molecule has 0 unspecified atom stereocenters. The maximum atomic E-state index is 11.9. The fourth-order valence-corrected chi connectivity index (χ4v) is 3.06. The van der Waals surface area contributed by atoms with Crippen LogP contribution >= 0.6 is 24.0 Å². The normalized spacial score (nSPS) is 15.2. The molecule has 1 fully saturated rings. The third-order valence-corrected chi connectivity index (χ3v) is 4.56. The van der Waals surface area contributed by atoms with E-state index in [9.17, 15) is 4.79 Å². The van der Waals surface area contributed by atoms with E-state index in [1.807, 2.05) is 0 Å². The SMILES string of the molecule is CCCCOCCCNC(=NC)NCCNC(=O)CC1CCCCC1.I. The van der Waals surface area contributed by atoms with Crippen LogP contribution in [0.2, 0.25) is 0 Å². The van der Waals surface area contributed by atoms with Crippen molar-refractivity contribution in [3.63, 3.8) is 0 Å². The van der Waals surface area contributed by atoms with Crippen molar-refractivity contribution in [1.29, 1.82) is 0 Å². The van der Waals surface area contributed by atoms with Crippen molar-refractivity contribution in [2.45, 2.75) is 64.7 Å². The zero-order valence-corrected chi connectivity index (χ0v) is 19.0. The van der Waals surface area contributed by atoms with Crippen LogP contribution in [-0.2, 0) is 9.53 Å². The van der Waals surface area contributed by atoms with Gasteiger partial charge in [-0.05, 0) is 31.6 Å².